The van der Waals surface area contributed by atoms with Crippen molar-refractivity contribution in [2.45, 2.75) is 26.3 Å². The molecule has 1 N–H and O–H groups in total. The molecule has 3 aromatic carbocycles. The van der Waals surface area contributed by atoms with E-state index < -0.39 is 17.7 Å². The Kier molecular flexibility index (Phi) is 5.36. The summed E-state index contributed by atoms with van der Waals surface area (Å²) in [6.07, 6.45) is 0.731. The van der Waals surface area contributed by atoms with Crippen LogP contribution in [0.1, 0.15) is 33.9 Å². The van der Waals surface area contributed by atoms with E-state index in [-0.39, 0.29) is 11.3 Å². The van der Waals surface area contributed by atoms with E-state index in [1.807, 2.05) is 50.2 Å². The lowest BCUT2D eigenvalue weighted by Crippen LogP contribution is -2.30. The van der Waals surface area contributed by atoms with E-state index >= 15 is 0 Å². The fourth-order valence-electron chi connectivity index (χ4n) is 4.67. The molecule has 0 aliphatic carbocycles. The number of carbonyl (C=O) groups is 2. The molecule has 1 saturated heterocycles. The highest BCUT2D eigenvalue weighted by Crippen LogP contribution is 2.44. The van der Waals surface area contributed by atoms with Crippen molar-refractivity contribution >= 4 is 23.1 Å². The molecule has 0 aromatic heterocycles. The van der Waals surface area contributed by atoms with Gasteiger partial charge in [-0.1, -0.05) is 24.3 Å². The minimum absolute atomic E-state index is 0.0648. The first-order chi connectivity index (χ1) is 16.4. The van der Waals surface area contributed by atoms with Crippen molar-refractivity contribution in [1.82, 2.24) is 0 Å². The van der Waals surface area contributed by atoms with Gasteiger partial charge in [-0.2, -0.15) is 0 Å². The maximum absolute atomic E-state index is 13.4. The number of amides is 1. The van der Waals surface area contributed by atoms with Gasteiger partial charge in [0, 0.05) is 17.7 Å². The van der Waals surface area contributed by atoms with Crippen LogP contribution >= 0.6 is 0 Å². The number of hydrogen-bond donors (Lipinski definition) is 1. The molecule has 172 valence electrons. The van der Waals surface area contributed by atoms with E-state index in [1.54, 1.807) is 31.4 Å². The number of Topliss-reactive ketones (excluding diaryl/α,β-unsaturated/α-hetero) is 1. The number of anilines is 1. The first kappa shape index (κ1) is 21.8. The quantitative estimate of drug-likeness (QED) is 0.345. The molecule has 6 nitrogen and oxygen atoms in total. The summed E-state index contributed by atoms with van der Waals surface area (Å²) in [7, 11) is 1.58. The van der Waals surface area contributed by atoms with Crippen molar-refractivity contribution in [3.05, 3.63) is 94.1 Å². The Balaban J connectivity index is 1.72. The van der Waals surface area contributed by atoms with E-state index in [1.165, 1.54) is 4.90 Å². The Labute approximate surface area is 198 Å². The van der Waals surface area contributed by atoms with E-state index in [9.17, 15) is 14.7 Å². The normalized spacial score (nSPS) is 18.7. The van der Waals surface area contributed by atoms with E-state index in [4.69, 9.17) is 9.47 Å². The molecule has 1 atom stereocenters. The van der Waals surface area contributed by atoms with Crippen LogP contribution in [0.25, 0.3) is 5.76 Å². The Morgan fingerprint density at radius 1 is 1.06 bits per heavy atom. The molecule has 0 bridgehead atoms. The number of methoxy groups -OCH3 is 1. The van der Waals surface area contributed by atoms with Crippen molar-refractivity contribution < 1.29 is 24.2 Å². The van der Waals surface area contributed by atoms with Crippen LogP contribution in [0.5, 0.6) is 11.5 Å². The summed E-state index contributed by atoms with van der Waals surface area (Å²) >= 11 is 0. The van der Waals surface area contributed by atoms with Crippen LogP contribution in [-0.4, -0.2) is 30.5 Å². The highest BCUT2D eigenvalue weighted by atomic mass is 16.5. The number of aliphatic hydroxyl groups excluding tert-OH is 1. The second kappa shape index (κ2) is 8.37. The Bertz CT molecular complexity index is 1340. The van der Waals surface area contributed by atoms with Gasteiger partial charge in [0.25, 0.3) is 11.7 Å². The molecule has 5 rings (SSSR count). The van der Waals surface area contributed by atoms with Gasteiger partial charge in [-0.15, -0.1) is 0 Å². The summed E-state index contributed by atoms with van der Waals surface area (Å²) in [6.45, 7) is 4.47. The van der Waals surface area contributed by atoms with Crippen LogP contribution in [-0.2, 0) is 16.0 Å². The van der Waals surface area contributed by atoms with Gasteiger partial charge in [-0.3, -0.25) is 14.5 Å². The van der Waals surface area contributed by atoms with Gasteiger partial charge in [-0.25, -0.2) is 0 Å². The number of benzene rings is 3. The molecule has 1 amide bonds. The van der Waals surface area contributed by atoms with E-state index in [0.29, 0.717) is 29.2 Å². The number of hydrogen-bond acceptors (Lipinski definition) is 5. The van der Waals surface area contributed by atoms with E-state index in [0.717, 1.165) is 28.9 Å². The van der Waals surface area contributed by atoms with Crippen molar-refractivity contribution in [2.75, 3.05) is 18.6 Å². The smallest absolute Gasteiger partial charge is 0.300 e. The molecule has 2 aliphatic heterocycles. The fourth-order valence-corrected chi connectivity index (χ4v) is 4.67. The highest BCUT2D eigenvalue weighted by Gasteiger charge is 2.47. The SMILES string of the molecule is COc1ccc(C2/C(=C(/O)c3ccc4c(c3)CCO4)C(=O)C(=O)N2c2cccc(C)c2C)cc1. The average molecular weight is 456 g/mol. The topological polar surface area (TPSA) is 76.1 Å². The summed E-state index contributed by atoms with van der Waals surface area (Å²) in [5.74, 6) is -0.136. The maximum Gasteiger partial charge on any atom is 0.300 e. The van der Waals surface area contributed by atoms with Crippen LogP contribution in [0.15, 0.2) is 66.2 Å². The molecule has 6 heteroatoms. The molecule has 1 unspecified atom stereocenters. The summed E-state index contributed by atoms with van der Waals surface area (Å²) in [4.78, 5) is 28.3. The van der Waals surface area contributed by atoms with Crippen molar-refractivity contribution in [2.24, 2.45) is 0 Å². The van der Waals surface area contributed by atoms with Crippen LogP contribution in [0.3, 0.4) is 0 Å². The summed E-state index contributed by atoms with van der Waals surface area (Å²) in [5.41, 5.74) is 4.77. The number of carbonyl (C=O) groups excluding carboxylic acids is 2. The summed E-state index contributed by atoms with van der Waals surface area (Å²) < 4.78 is 10.9. The molecule has 2 aliphatic rings. The van der Waals surface area contributed by atoms with Gasteiger partial charge < -0.3 is 14.6 Å². The maximum atomic E-state index is 13.4. The summed E-state index contributed by atoms with van der Waals surface area (Å²) in [6, 6.07) is 17.4. The third-order valence-electron chi connectivity index (χ3n) is 6.67. The number of aliphatic hydroxyl groups is 1. The number of aryl methyl sites for hydroxylation is 1. The Hall–Kier alpha value is -4.06. The number of fused-ring (bicyclic) bond motifs is 1. The van der Waals surface area contributed by atoms with Gasteiger partial charge in [-0.05, 0) is 72.5 Å². The second-order valence-corrected chi connectivity index (χ2v) is 8.58. The van der Waals surface area contributed by atoms with Gasteiger partial charge in [0.1, 0.15) is 17.3 Å². The second-order valence-electron chi connectivity index (χ2n) is 8.58. The Morgan fingerprint density at radius 3 is 2.56 bits per heavy atom. The first-order valence-corrected chi connectivity index (χ1v) is 11.2. The van der Waals surface area contributed by atoms with Crippen LogP contribution in [0.2, 0.25) is 0 Å². The summed E-state index contributed by atoms with van der Waals surface area (Å²) in [5, 5.41) is 11.4. The predicted molar refractivity (Wildman–Crippen MR) is 129 cm³/mol. The van der Waals surface area contributed by atoms with E-state index in [2.05, 4.69) is 0 Å². The van der Waals surface area contributed by atoms with Gasteiger partial charge in [0.15, 0.2) is 0 Å². The number of nitrogens with zero attached hydrogens (tertiary/aromatic N) is 1. The van der Waals surface area contributed by atoms with Crippen molar-refractivity contribution in [3.8, 4) is 11.5 Å². The first-order valence-electron chi connectivity index (χ1n) is 11.2. The molecule has 1 fully saturated rings. The van der Waals surface area contributed by atoms with Gasteiger partial charge in [0.2, 0.25) is 0 Å². The van der Waals surface area contributed by atoms with Gasteiger partial charge >= 0.3 is 0 Å². The minimum atomic E-state index is -0.782. The lowest BCUT2D eigenvalue weighted by Gasteiger charge is -2.27. The minimum Gasteiger partial charge on any atom is -0.507 e. The zero-order valence-electron chi connectivity index (χ0n) is 19.3. The average Bonchev–Trinajstić information content (AvgIpc) is 3.42. The molecule has 0 saturated carbocycles. The zero-order chi connectivity index (χ0) is 24.0. The third kappa shape index (κ3) is 3.43. The molecule has 0 radical (unpaired) electrons. The van der Waals surface area contributed by atoms with Gasteiger partial charge in [0.05, 0.1) is 25.3 Å². The van der Waals surface area contributed by atoms with Crippen LogP contribution in [0, 0.1) is 13.8 Å². The molecular formula is C28H25NO5. The monoisotopic (exact) mass is 455 g/mol. The molecule has 34 heavy (non-hydrogen) atoms. The molecule has 3 aromatic rings. The number of rotatable bonds is 4. The largest absolute Gasteiger partial charge is 0.507 e. The Morgan fingerprint density at radius 2 is 1.82 bits per heavy atom. The predicted octanol–water partition coefficient (Wildman–Crippen LogP) is 4.87. The lowest BCUT2D eigenvalue weighted by atomic mass is 9.94. The molecule has 2 heterocycles. The van der Waals surface area contributed by atoms with Crippen molar-refractivity contribution in [1.29, 1.82) is 0 Å². The standard InChI is InChI=1S/C28H25NO5/c1-16-5-4-6-22(17(16)2)29-25(18-7-10-21(33-3)11-8-18)24(27(31)28(29)32)26(30)20-9-12-23-19(15-20)13-14-34-23/h4-12,15,25,30H,13-14H2,1-3H3/b26-24-. The highest BCUT2D eigenvalue weighted by molar-refractivity contribution is 6.51. The fraction of sp³-hybridized carbons (Fsp3) is 0.214. The molecular weight excluding hydrogens is 430 g/mol. The van der Waals surface area contributed by atoms with Crippen LogP contribution < -0.4 is 14.4 Å². The van der Waals surface area contributed by atoms with Crippen LogP contribution in [0.4, 0.5) is 5.69 Å². The zero-order valence-corrected chi connectivity index (χ0v) is 19.3. The van der Waals surface area contributed by atoms with Crippen molar-refractivity contribution in [3.63, 3.8) is 0 Å². The third-order valence-corrected chi connectivity index (χ3v) is 6.67. The lowest BCUT2D eigenvalue weighted by molar-refractivity contribution is -0.132. The number of ketones is 1. The number of ether oxygens (including phenoxy) is 2. The molecule has 0 spiro atoms.